The van der Waals surface area contributed by atoms with Crippen molar-refractivity contribution in [1.29, 1.82) is 0 Å². The van der Waals surface area contributed by atoms with Gasteiger partial charge in [0.15, 0.2) is 5.78 Å². The molecule has 1 heterocycles. The Kier molecular flexibility index (Phi) is 7.05. The van der Waals surface area contributed by atoms with Gasteiger partial charge < -0.3 is 32.6 Å². The monoisotopic (exact) mass is 581 g/mol. The van der Waals surface area contributed by atoms with Crippen LogP contribution in [0.15, 0.2) is 79.4 Å². The standard InChI is InChI=1S/C32H31N5O4S/c1-2-24(38)36-18-10-11-19(16-18)37-31(40)29-26-25-22(14-15-23(33)28(25)42-29)32(35,30(39)27(26)34)17-8-12-21(13-9-17)41-20-6-4-3-5-7-20/h2-9,12-15,18-19,27H,1,10-11,16,33-35H2,(H,36,38)(H,37,40). The number of nitrogens with two attached hydrogens (primary N) is 3. The molecule has 1 saturated carbocycles. The number of Topliss-reactive ketones (excluding diaryl/α,β-unsaturated/α-hetero) is 1. The first-order valence-electron chi connectivity index (χ1n) is 13.7. The molecular formula is C32H31N5O4S. The maximum Gasteiger partial charge on any atom is 0.261 e. The Hall–Kier alpha value is -4.51. The smallest absolute Gasteiger partial charge is 0.261 e. The Morgan fingerprint density at radius 3 is 2.33 bits per heavy atom. The molecule has 0 saturated heterocycles. The molecule has 3 aromatic carbocycles. The van der Waals surface area contributed by atoms with Gasteiger partial charge in [-0.2, -0.15) is 0 Å². The van der Waals surface area contributed by atoms with Crippen molar-refractivity contribution in [3.8, 4) is 11.5 Å². The van der Waals surface area contributed by atoms with Gasteiger partial charge in [-0.3, -0.25) is 14.4 Å². The quantitative estimate of drug-likeness (QED) is 0.163. The van der Waals surface area contributed by atoms with Crippen LogP contribution < -0.4 is 32.6 Å². The zero-order valence-corrected chi connectivity index (χ0v) is 23.6. The van der Waals surface area contributed by atoms with Crippen LogP contribution in [0, 0.1) is 0 Å². The van der Waals surface area contributed by atoms with Crippen molar-refractivity contribution in [3.63, 3.8) is 0 Å². The Balaban J connectivity index is 1.34. The molecule has 0 spiro atoms. The Labute approximate surface area is 246 Å². The highest BCUT2D eigenvalue weighted by atomic mass is 32.1. The topological polar surface area (TPSA) is 163 Å². The fraction of sp³-hybridized carbons (Fsp3) is 0.219. The fourth-order valence-electron chi connectivity index (χ4n) is 6.01. The molecule has 1 fully saturated rings. The normalized spacial score (nSPS) is 23.0. The van der Waals surface area contributed by atoms with E-state index < -0.39 is 17.4 Å². The number of para-hydroxylation sites is 1. The number of anilines is 1. The lowest BCUT2D eigenvalue weighted by atomic mass is 9.70. The van der Waals surface area contributed by atoms with E-state index in [2.05, 4.69) is 17.2 Å². The lowest BCUT2D eigenvalue weighted by Crippen LogP contribution is -2.52. The minimum absolute atomic E-state index is 0.0463. The molecule has 6 rings (SSSR count). The predicted octanol–water partition coefficient (Wildman–Crippen LogP) is 4.01. The number of carbonyl (C=O) groups is 3. The van der Waals surface area contributed by atoms with Crippen LogP contribution in [0.4, 0.5) is 5.69 Å². The summed E-state index contributed by atoms with van der Waals surface area (Å²) < 4.78 is 6.58. The van der Waals surface area contributed by atoms with Gasteiger partial charge in [-0.25, -0.2) is 0 Å². The van der Waals surface area contributed by atoms with E-state index in [4.69, 9.17) is 21.9 Å². The maximum atomic E-state index is 14.0. The molecule has 2 aliphatic carbocycles. The number of carbonyl (C=O) groups excluding carboxylic acids is 3. The highest BCUT2D eigenvalue weighted by Gasteiger charge is 2.49. The largest absolute Gasteiger partial charge is 0.457 e. The van der Waals surface area contributed by atoms with E-state index in [0.29, 0.717) is 61.7 Å². The number of hydrogen-bond acceptors (Lipinski definition) is 8. The van der Waals surface area contributed by atoms with E-state index in [1.165, 1.54) is 17.4 Å². The molecule has 214 valence electrons. The molecule has 0 aliphatic heterocycles. The van der Waals surface area contributed by atoms with E-state index in [-0.39, 0.29) is 23.9 Å². The first-order valence-corrected chi connectivity index (χ1v) is 14.5. The van der Waals surface area contributed by atoms with Gasteiger partial charge in [-0.15, -0.1) is 11.3 Å². The molecule has 4 unspecified atom stereocenters. The molecule has 0 radical (unpaired) electrons. The minimum atomic E-state index is -1.56. The number of benzene rings is 3. The number of nitrogens with one attached hydrogen (secondary N) is 2. The molecule has 42 heavy (non-hydrogen) atoms. The summed E-state index contributed by atoms with van der Waals surface area (Å²) in [7, 11) is 0. The molecule has 1 aromatic heterocycles. The Morgan fingerprint density at radius 1 is 0.976 bits per heavy atom. The van der Waals surface area contributed by atoms with Crippen LogP contribution in [0.25, 0.3) is 10.1 Å². The third-order valence-electron chi connectivity index (χ3n) is 8.11. The number of rotatable bonds is 7. The van der Waals surface area contributed by atoms with E-state index in [9.17, 15) is 14.4 Å². The van der Waals surface area contributed by atoms with Gasteiger partial charge in [0.05, 0.1) is 15.6 Å². The molecule has 4 atom stereocenters. The van der Waals surface area contributed by atoms with Gasteiger partial charge in [0, 0.05) is 28.7 Å². The summed E-state index contributed by atoms with van der Waals surface area (Å²) in [6.45, 7) is 3.49. The van der Waals surface area contributed by atoms with Gasteiger partial charge in [0.25, 0.3) is 5.91 Å². The summed E-state index contributed by atoms with van der Waals surface area (Å²) in [6, 6.07) is 18.6. The highest BCUT2D eigenvalue weighted by Crippen LogP contribution is 2.49. The van der Waals surface area contributed by atoms with Crippen LogP contribution in [-0.2, 0) is 15.1 Å². The van der Waals surface area contributed by atoms with E-state index in [1.807, 2.05) is 30.3 Å². The van der Waals surface area contributed by atoms with E-state index >= 15 is 0 Å². The van der Waals surface area contributed by atoms with Crippen LogP contribution in [0.2, 0.25) is 0 Å². The Bertz CT molecular complexity index is 1720. The van der Waals surface area contributed by atoms with E-state index in [1.54, 1.807) is 36.4 Å². The number of ketones is 1. The van der Waals surface area contributed by atoms with Crippen LogP contribution in [-0.4, -0.2) is 29.7 Å². The van der Waals surface area contributed by atoms with Crippen molar-refractivity contribution in [2.24, 2.45) is 11.5 Å². The molecule has 2 amide bonds. The molecule has 0 bridgehead atoms. The van der Waals surface area contributed by atoms with Crippen molar-refractivity contribution >= 4 is 44.7 Å². The van der Waals surface area contributed by atoms with Crippen molar-refractivity contribution in [2.45, 2.75) is 42.9 Å². The first kappa shape index (κ1) is 27.6. The van der Waals surface area contributed by atoms with Gasteiger partial charge in [-0.1, -0.05) is 43.0 Å². The Morgan fingerprint density at radius 2 is 1.64 bits per heavy atom. The van der Waals surface area contributed by atoms with Crippen molar-refractivity contribution in [1.82, 2.24) is 10.6 Å². The SMILES string of the molecule is C=CC(=O)NC1CCC(NC(=O)c2sc3c(N)ccc4c3c2C(N)C(=O)C4(N)c2ccc(Oc3ccccc3)cc2)C1. The first-order chi connectivity index (χ1) is 20.2. The molecule has 10 heteroatoms. The van der Waals surface area contributed by atoms with Crippen LogP contribution >= 0.6 is 11.3 Å². The van der Waals surface area contributed by atoms with Crippen LogP contribution in [0.3, 0.4) is 0 Å². The summed E-state index contributed by atoms with van der Waals surface area (Å²) in [5.74, 6) is 0.298. The summed E-state index contributed by atoms with van der Waals surface area (Å²) in [6.07, 6.45) is 3.28. The molecule has 8 N–H and O–H groups in total. The molecule has 4 aromatic rings. The maximum absolute atomic E-state index is 14.0. The number of thiophene rings is 1. The second-order valence-corrected chi connectivity index (χ2v) is 11.8. The van der Waals surface area contributed by atoms with Crippen LogP contribution in [0.5, 0.6) is 11.5 Å². The van der Waals surface area contributed by atoms with Gasteiger partial charge in [0.2, 0.25) is 5.91 Å². The summed E-state index contributed by atoms with van der Waals surface area (Å²) in [4.78, 5) is 39.7. The number of ether oxygens (including phenoxy) is 1. The third-order valence-corrected chi connectivity index (χ3v) is 9.36. The van der Waals surface area contributed by atoms with Gasteiger partial charge in [-0.05, 0) is 66.8 Å². The zero-order valence-electron chi connectivity index (χ0n) is 22.8. The lowest BCUT2D eigenvalue weighted by Gasteiger charge is -2.36. The summed E-state index contributed by atoms with van der Waals surface area (Å²) >= 11 is 1.21. The number of hydrogen-bond donors (Lipinski definition) is 5. The fourth-order valence-corrected chi connectivity index (χ4v) is 7.22. The third kappa shape index (κ3) is 4.63. The van der Waals surface area contributed by atoms with Gasteiger partial charge in [0.1, 0.15) is 17.0 Å². The second-order valence-electron chi connectivity index (χ2n) is 10.7. The van der Waals surface area contributed by atoms with Crippen molar-refractivity contribution in [3.05, 3.63) is 101 Å². The highest BCUT2D eigenvalue weighted by molar-refractivity contribution is 7.21. The van der Waals surface area contributed by atoms with Crippen molar-refractivity contribution < 1.29 is 19.1 Å². The minimum Gasteiger partial charge on any atom is -0.457 e. The number of nitrogen functional groups attached to an aromatic ring is 1. The average Bonchev–Trinajstić information content (AvgIpc) is 3.61. The van der Waals surface area contributed by atoms with Crippen LogP contribution in [0.1, 0.15) is 51.7 Å². The summed E-state index contributed by atoms with van der Waals surface area (Å²) in [5.41, 5.74) is 20.4. The predicted molar refractivity (Wildman–Crippen MR) is 163 cm³/mol. The second kappa shape index (κ2) is 10.7. The zero-order chi connectivity index (χ0) is 29.6. The number of amides is 2. The van der Waals surface area contributed by atoms with E-state index in [0.717, 1.165) is 6.42 Å². The van der Waals surface area contributed by atoms with Gasteiger partial charge >= 0.3 is 0 Å². The van der Waals surface area contributed by atoms with Crippen molar-refractivity contribution in [2.75, 3.05) is 5.73 Å². The molecule has 9 nitrogen and oxygen atoms in total. The summed E-state index contributed by atoms with van der Waals surface area (Å²) in [5, 5.41) is 6.60. The molecular weight excluding hydrogens is 550 g/mol. The average molecular weight is 582 g/mol. The molecule has 2 aliphatic rings. The lowest BCUT2D eigenvalue weighted by molar-refractivity contribution is -0.124.